The van der Waals surface area contributed by atoms with Gasteiger partial charge in [0.1, 0.15) is 0 Å². The van der Waals surface area contributed by atoms with Crippen LogP contribution in [0.15, 0.2) is 0 Å². The van der Waals surface area contributed by atoms with Gasteiger partial charge in [0.25, 0.3) is 0 Å². The lowest BCUT2D eigenvalue weighted by atomic mass is 10.2. The molecule has 116 valence electrons. The second kappa shape index (κ2) is 14.3. The van der Waals surface area contributed by atoms with Crippen LogP contribution in [-0.2, 0) is 9.47 Å². The third-order valence-corrected chi connectivity index (χ3v) is 3.17. The van der Waals surface area contributed by atoms with Gasteiger partial charge in [-0.15, -0.1) is 0 Å². The number of hydrogen-bond acceptors (Lipinski definition) is 4. The van der Waals surface area contributed by atoms with Crippen molar-refractivity contribution in [3.05, 3.63) is 0 Å². The van der Waals surface area contributed by atoms with Gasteiger partial charge in [-0.2, -0.15) is 0 Å². The summed E-state index contributed by atoms with van der Waals surface area (Å²) in [4.78, 5) is 2.45. The SMILES string of the molecule is CCCNC(CC)CN(CCOCC)CCOCC. The maximum absolute atomic E-state index is 5.46. The predicted molar refractivity (Wildman–Crippen MR) is 81.8 cm³/mol. The summed E-state index contributed by atoms with van der Waals surface area (Å²) < 4.78 is 10.9. The van der Waals surface area contributed by atoms with E-state index in [1.807, 2.05) is 13.8 Å². The Bertz CT molecular complexity index is 170. The molecule has 1 unspecified atom stereocenters. The fourth-order valence-electron chi connectivity index (χ4n) is 1.97. The van der Waals surface area contributed by atoms with E-state index in [2.05, 4.69) is 24.1 Å². The lowest BCUT2D eigenvalue weighted by Crippen LogP contribution is -2.43. The zero-order valence-electron chi connectivity index (χ0n) is 13.4. The molecule has 0 aromatic rings. The molecular weight excluding hydrogens is 240 g/mol. The second-order valence-electron chi connectivity index (χ2n) is 4.75. The summed E-state index contributed by atoms with van der Waals surface area (Å²) in [5, 5.41) is 3.61. The first-order chi connectivity index (χ1) is 9.28. The summed E-state index contributed by atoms with van der Waals surface area (Å²) in [6.07, 6.45) is 2.36. The third kappa shape index (κ3) is 11.4. The van der Waals surface area contributed by atoms with Crippen LogP contribution in [0.3, 0.4) is 0 Å². The van der Waals surface area contributed by atoms with E-state index >= 15 is 0 Å². The minimum absolute atomic E-state index is 0.572. The molecule has 4 nitrogen and oxygen atoms in total. The summed E-state index contributed by atoms with van der Waals surface area (Å²) in [6, 6.07) is 0.572. The summed E-state index contributed by atoms with van der Waals surface area (Å²) in [5.41, 5.74) is 0. The quantitative estimate of drug-likeness (QED) is 0.492. The molecule has 1 atom stereocenters. The molecule has 0 aliphatic rings. The van der Waals surface area contributed by atoms with Gasteiger partial charge in [-0.05, 0) is 33.2 Å². The van der Waals surface area contributed by atoms with Gasteiger partial charge < -0.3 is 14.8 Å². The molecule has 0 spiro atoms. The number of nitrogens with zero attached hydrogens (tertiary/aromatic N) is 1. The monoisotopic (exact) mass is 274 g/mol. The lowest BCUT2D eigenvalue weighted by molar-refractivity contribution is 0.0781. The van der Waals surface area contributed by atoms with Gasteiger partial charge in [-0.3, -0.25) is 4.90 Å². The molecule has 0 aromatic heterocycles. The van der Waals surface area contributed by atoms with Crippen molar-refractivity contribution in [2.45, 2.75) is 46.6 Å². The molecule has 0 saturated carbocycles. The molecule has 19 heavy (non-hydrogen) atoms. The number of ether oxygens (including phenoxy) is 2. The predicted octanol–water partition coefficient (Wildman–Crippen LogP) is 2.14. The van der Waals surface area contributed by atoms with Crippen LogP contribution in [0.5, 0.6) is 0 Å². The zero-order chi connectivity index (χ0) is 14.3. The van der Waals surface area contributed by atoms with E-state index in [-0.39, 0.29) is 0 Å². The molecule has 4 heteroatoms. The van der Waals surface area contributed by atoms with Gasteiger partial charge in [0.2, 0.25) is 0 Å². The van der Waals surface area contributed by atoms with E-state index in [4.69, 9.17) is 9.47 Å². The van der Waals surface area contributed by atoms with Crippen LogP contribution in [-0.4, -0.2) is 63.5 Å². The highest BCUT2D eigenvalue weighted by molar-refractivity contribution is 4.71. The van der Waals surface area contributed by atoms with E-state index in [0.717, 1.165) is 52.6 Å². The molecule has 0 aromatic carbocycles. The molecule has 0 fully saturated rings. The van der Waals surface area contributed by atoms with Crippen molar-refractivity contribution in [2.75, 3.05) is 52.6 Å². The molecule has 0 amide bonds. The Morgan fingerprint density at radius 2 is 1.53 bits per heavy atom. The highest BCUT2D eigenvalue weighted by Gasteiger charge is 2.11. The molecule has 0 saturated heterocycles. The number of rotatable bonds is 14. The van der Waals surface area contributed by atoms with Gasteiger partial charge >= 0.3 is 0 Å². The minimum Gasteiger partial charge on any atom is -0.380 e. The average Bonchev–Trinajstić information content (AvgIpc) is 2.43. The maximum Gasteiger partial charge on any atom is 0.0593 e. The summed E-state index contributed by atoms with van der Waals surface area (Å²) in [7, 11) is 0. The van der Waals surface area contributed by atoms with Crippen LogP contribution in [0.4, 0.5) is 0 Å². The third-order valence-electron chi connectivity index (χ3n) is 3.17. The van der Waals surface area contributed by atoms with Crippen molar-refractivity contribution in [3.63, 3.8) is 0 Å². The number of hydrogen-bond donors (Lipinski definition) is 1. The number of nitrogens with one attached hydrogen (secondary N) is 1. The van der Waals surface area contributed by atoms with Crippen LogP contribution in [0.2, 0.25) is 0 Å². The van der Waals surface area contributed by atoms with E-state index in [1.165, 1.54) is 12.8 Å². The Labute approximate surface area is 119 Å². The van der Waals surface area contributed by atoms with Crippen LogP contribution >= 0.6 is 0 Å². The molecule has 0 aliphatic heterocycles. The first-order valence-electron chi connectivity index (χ1n) is 7.89. The zero-order valence-corrected chi connectivity index (χ0v) is 13.4. The van der Waals surface area contributed by atoms with E-state index in [1.54, 1.807) is 0 Å². The summed E-state index contributed by atoms with van der Waals surface area (Å²) >= 11 is 0. The van der Waals surface area contributed by atoms with Crippen molar-refractivity contribution in [3.8, 4) is 0 Å². The molecule has 0 aliphatic carbocycles. The molecule has 0 bridgehead atoms. The van der Waals surface area contributed by atoms with Crippen LogP contribution < -0.4 is 5.32 Å². The van der Waals surface area contributed by atoms with E-state index in [9.17, 15) is 0 Å². The standard InChI is InChI=1S/C15H34N2O2/c1-5-9-16-15(6-2)14-17(10-12-18-7-3)11-13-19-8-4/h15-16H,5-14H2,1-4H3. The average molecular weight is 274 g/mol. The molecule has 1 N–H and O–H groups in total. The van der Waals surface area contributed by atoms with Gasteiger partial charge in [-0.1, -0.05) is 13.8 Å². The maximum atomic E-state index is 5.46. The smallest absolute Gasteiger partial charge is 0.0593 e. The van der Waals surface area contributed by atoms with E-state index < -0.39 is 0 Å². The molecule has 0 heterocycles. The molecule has 0 radical (unpaired) electrons. The van der Waals surface area contributed by atoms with Crippen LogP contribution in [0.1, 0.15) is 40.5 Å². The largest absolute Gasteiger partial charge is 0.380 e. The summed E-state index contributed by atoms with van der Waals surface area (Å²) in [5.74, 6) is 0. The molecule has 0 rings (SSSR count). The minimum atomic E-state index is 0.572. The molecular formula is C15H34N2O2. The van der Waals surface area contributed by atoms with Crippen molar-refractivity contribution in [2.24, 2.45) is 0 Å². The van der Waals surface area contributed by atoms with E-state index in [0.29, 0.717) is 6.04 Å². The van der Waals surface area contributed by atoms with Crippen molar-refractivity contribution < 1.29 is 9.47 Å². The Morgan fingerprint density at radius 3 is 1.95 bits per heavy atom. The second-order valence-corrected chi connectivity index (χ2v) is 4.75. The highest BCUT2D eigenvalue weighted by Crippen LogP contribution is 1.98. The van der Waals surface area contributed by atoms with Crippen LogP contribution in [0, 0.1) is 0 Å². The fourth-order valence-corrected chi connectivity index (χ4v) is 1.97. The van der Waals surface area contributed by atoms with Crippen molar-refractivity contribution >= 4 is 0 Å². The van der Waals surface area contributed by atoms with Gasteiger partial charge in [-0.25, -0.2) is 0 Å². The lowest BCUT2D eigenvalue weighted by Gasteiger charge is -2.27. The highest BCUT2D eigenvalue weighted by atomic mass is 16.5. The Kier molecular flexibility index (Phi) is 14.1. The van der Waals surface area contributed by atoms with Crippen molar-refractivity contribution in [1.29, 1.82) is 0 Å². The Hall–Kier alpha value is -0.160. The first kappa shape index (κ1) is 18.8. The van der Waals surface area contributed by atoms with Crippen molar-refractivity contribution in [1.82, 2.24) is 10.2 Å². The summed E-state index contributed by atoms with van der Waals surface area (Å²) in [6.45, 7) is 15.9. The Balaban J connectivity index is 4.03. The van der Waals surface area contributed by atoms with Gasteiger partial charge in [0, 0.05) is 38.9 Å². The normalized spacial score (nSPS) is 13.1. The van der Waals surface area contributed by atoms with Gasteiger partial charge in [0.05, 0.1) is 13.2 Å². The van der Waals surface area contributed by atoms with Crippen LogP contribution in [0.25, 0.3) is 0 Å². The Morgan fingerprint density at radius 1 is 0.947 bits per heavy atom. The van der Waals surface area contributed by atoms with Gasteiger partial charge in [0.15, 0.2) is 0 Å². The first-order valence-corrected chi connectivity index (χ1v) is 7.89. The topological polar surface area (TPSA) is 33.7 Å². The fraction of sp³-hybridized carbons (Fsp3) is 1.00.